The van der Waals surface area contributed by atoms with E-state index in [0.29, 0.717) is 11.5 Å². The van der Waals surface area contributed by atoms with Crippen molar-refractivity contribution < 1.29 is 0 Å². The normalized spacial score (nSPS) is 10.9. The Kier molecular flexibility index (Phi) is 2.81. The Morgan fingerprint density at radius 2 is 2.22 bits per heavy atom. The summed E-state index contributed by atoms with van der Waals surface area (Å²) in [5.41, 5.74) is 1.69. The number of rotatable bonds is 4. The molecule has 18 heavy (non-hydrogen) atoms. The molecule has 0 aliphatic heterocycles. The fraction of sp³-hybridized carbons (Fsp3) is 0.200. The number of hydrogen-bond donors (Lipinski definition) is 3. The smallest absolute Gasteiger partial charge is 0.226 e. The van der Waals surface area contributed by atoms with E-state index in [1.165, 1.54) is 0 Å². The first-order chi connectivity index (χ1) is 8.83. The molecule has 7 nitrogen and oxygen atoms in total. The van der Waals surface area contributed by atoms with Crippen LogP contribution in [0.2, 0.25) is 5.28 Å². The zero-order valence-corrected chi connectivity index (χ0v) is 10.1. The van der Waals surface area contributed by atoms with Crippen LogP contribution >= 0.6 is 11.6 Å². The lowest BCUT2D eigenvalue weighted by Gasteiger charge is -2.05. The molecule has 0 unspecified atom stereocenters. The second kappa shape index (κ2) is 4.61. The summed E-state index contributed by atoms with van der Waals surface area (Å²) >= 11 is 5.83. The average Bonchev–Trinajstić information content (AvgIpc) is 2.98. The van der Waals surface area contributed by atoms with E-state index in [9.17, 15) is 0 Å². The van der Waals surface area contributed by atoms with Crippen molar-refractivity contribution >= 4 is 28.5 Å². The molecule has 0 atom stereocenters. The van der Waals surface area contributed by atoms with Crippen LogP contribution in [0.15, 0.2) is 18.7 Å². The van der Waals surface area contributed by atoms with E-state index >= 15 is 0 Å². The minimum atomic E-state index is 0.191. The zero-order valence-electron chi connectivity index (χ0n) is 9.31. The van der Waals surface area contributed by atoms with Gasteiger partial charge in [0.2, 0.25) is 5.28 Å². The fourth-order valence-electron chi connectivity index (χ4n) is 1.68. The minimum absolute atomic E-state index is 0.191. The molecule has 0 bridgehead atoms. The van der Waals surface area contributed by atoms with Gasteiger partial charge in [0.1, 0.15) is 5.82 Å². The first kappa shape index (κ1) is 11.0. The first-order valence-electron chi connectivity index (χ1n) is 5.40. The second-order valence-electron chi connectivity index (χ2n) is 3.73. The van der Waals surface area contributed by atoms with Crippen LogP contribution in [0.1, 0.15) is 5.69 Å². The number of aromatic nitrogens is 6. The average molecular weight is 264 g/mol. The summed E-state index contributed by atoms with van der Waals surface area (Å²) in [4.78, 5) is 15.2. The van der Waals surface area contributed by atoms with Gasteiger partial charge >= 0.3 is 0 Å². The SMILES string of the molecule is Clc1nc(NCCc2cnc[nH]2)c2cn[nH]c2n1. The molecule has 0 saturated heterocycles. The molecule has 0 aliphatic rings. The standard InChI is InChI=1S/C10H10ClN7/c11-10-16-8(7-4-15-18-9(7)17-10)13-2-1-6-3-12-5-14-6/h3-5H,1-2H2,(H,12,14)(H2,13,15,16,17,18). The van der Waals surface area contributed by atoms with Crippen LogP contribution in [0.3, 0.4) is 0 Å². The number of nitrogens with one attached hydrogen (secondary N) is 3. The lowest BCUT2D eigenvalue weighted by atomic mass is 10.3. The van der Waals surface area contributed by atoms with Gasteiger partial charge in [-0.05, 0) is 11.6 Å². The van der Waals surface area contributed by atoms with Crippen LogP contribution in [0.4, 0.5) is 5.82 Å². The van der Waals surface area contributed by atoms with E-state index in [1.54, 1.807) is 18.7 Å². The Balaban J connectivity index is 1.75. The van der Waals surface area contributed by atoms with Crippen molar-refractivity contribution in [2.45, 2.75) is 6.42 Å². The summed E-state index contributed by atoms with van der Waals surface area (Å²) in [5.74, 6) is 0.679. The number of fused-ring (bicyclic) bond motifs is 1. The van der Waals surface area contributed by atoms with Crippen molar-refractivity contribution in [3.05, 3.63) is 29.7 Å². The molecule has 3 rings (SSSR count). The van der Waals surface area contributed by atoms with Crippen LogP contribution in [-0.2, 0) is 6.42 Å². The zero-order chi connectivity index (χ0) is 12.4. The van der Waals surface area contributed by atoms with Crippen molar-refractivity contribution in [3.63, 3.8) is 0 Å². The summed E-state index contributed by atoms with van der Waals surface area (Å²) < 4.78 is 0. The quantitative estimate of drug-likeness (QED) is 0.618. The Morgan fingerprint density at radius 1 is 1.28 bits per heavy atom. The molecule has 3 heterocycles. The molecule has 0 radical (unpaired) electrons. The van der Waals surface area contributed by atoms with E-state index in [4.69, 9.17) is 11.6 Å². The van der Waals surface area contributed by atoms with Crippen LogP contribution in [0.5, 0.6) is 0 Å². The number of aromatic amines is 2. The third-order valence-electron chi connectivity index (χ3n) is 2.52. The number of hydrogen-bond acceptors (Lipinski definition) is 5. The largest absolute Gasteiger partial charge is 0.369 e. The third kappa shape index (κ3) is 2.12. The molecule has 0 amide bonds. The van der Waals surface area contributed by atoms with E-state index in [1.807, 2.05) is 0 Å². The van der Waals surface area contributed by atoms with Gasteiger partial charge in [0.15, 0.2) is 5.65 Å². The van der Waals surface area contributed by atoms with Crippen LogP contribution in [-0.4, -0.2) is 36.7 Å². The maximum atomic E-state index is 5.83. The van der Waals surface area contributed by atoms with Crippen molar-refractivity contribution in [1.82, 2.24) is 30.1 Å². The second-order valence-corrected chi connectivity index (χ2v) is 4.07. The van der Waals surface area contributed by atoms with Crippen molar-refractivity contribution in [2.24, 2.45) is 0 Å². The van der Waals surface area contributed by atoms with Gasteiger partial charge < -0.3 is 10.3 Å². The van der Waals surface area contributed by atoms with Crippen LogP contribution < -0.4 is 5.32 Å². The minimum Gasteiger partial charge on any atom is -0.369 e. The molecule has 8 heteroatoms. The van der Waals surface area contributed by atoms with Crippen molar-refractivity contribution in [3.8, 4) is 0 Å². The highest BCUT2D eigenvalue weighted by molar-refractivity contribution is 6.28. The molecule has 0 saturated carbocycles. The first-order valence-corrected chi connectivity index (χ1v) is 5.78. The summed E-state index contributed by atoms with van der Waals surface area (Å²) in [7, 11) is 0. The molecule has 3 N–H and O–H groups in total. The van der Waals surface area contributed by atoms with Gasteiger partial charge in [-0.25, -0.2) is 4.98 Å². The van der Waals surface area contributed by atoms with Gasteiger partial charge in [0.05, 0.1) is 17.9 Å². The summed E-state index contributed by atoms with van der Waals surface area (Å²) in [6, 6.07) is 0. The van der Waals surface area contributed by atoms with E-state index in [-0.39, 0.29) is 5.28 Å². The number of anilines is 1. The van der Waals surface area contributed by atoms with Crippen molar-refractivity contribution in [1.29, 1.82) is 0 Å². The maximum Gasteiger partial charge on any atom is 0.226 e. The maximum absolute atomic E-state index is 5.83. The molecular weight excluding hydrogens is 254 g/mol. The Hall–Kier alpha value is -2.15. The van der Waals surface area contributed by atoms with Gasteiger partial charge in [-0.2, -0.15) is 15.1 Å². The van der Waals surface area contributed by atoms with Gasteiger partial charge in [-0.1, -0.05) is 0 Å². The number of imidazole rings is 1. The Morgan fingerprint density at radius 3 is 3.06 bits per heavy atom. The molecule has 0 aliphatic carbocycles. The highest BCUT2D eigenvalue weighted by Gasteiger charge is 2.07. The number of nitrogens with zero attached hydrogens (tertiary/aromatic N) is 4. The Bertz CT molecular complexity index is 645. The molecule has 0 fully saturated rings. The lowest BCUT2D eigenvalue weighted by Crippen LogP contribution is -2.07. The molecule has 0 spiro atoms. The van der Waals surface area contributed by atoms with Crippen LogP contribution in [0, 0.1) is 0 Å². The van der Waals surface area contributed by atoms with Gasteiger partial charge in [-0.3, -0.25) is 5.10 Å². The highest BCUT2D eigenvalue weighted by Crippen LogP contribution is 2.19. The summed E-state index contributed by atoms with van der Waals surface area (Å²) in [5, 5.41) is 10.9. The van der Waals surface area contributed by atoms with E-state index < -0.39 is 0 Å². The topological polar surface area (TPSA) is 95.2 Å². The monoisotopic (exact) mass is 263 g/mol. The lowest BCUT2D eigenvalue weighted by molar-refractivity contribution is 0.968. The van der Waals surface area contributed by atoms with Gasteiger partial charge in [-0.15, -0.1) is 0 Å². The van der Waals surface area contributed by atoms with Crippen LogP contribution in [0.25, 0.3) is 11.0 Å². The summed E-state index contributed by atoms with van der Waals surface area (Å²) in [6.45, 7) is 0.718. The number of halogens is 1. The van der Waals surface area contributed by atoms with Gasteiger partial charge in [0.25, 0.3) is 0 Å². The van der Waals surface area contributed by atoms with Gasteiger partial charge in [0, 0.05) is 24.9 Å². The predicted octanol–water partition coefficient (Wildman–Crippen LogP) is 1.38. The highest BCUT2D eigenvalue weighted by atomic mass is 35.5. The molecule has 0 aromatic carbocycles. The molecular formula is C10H10ClN7. The van der Waals surface area contributed by atoms with Crippen molar-refractivity contribution in [2.75, 3.05) is 11.9 Å². The third-order valence-corrected chi connectivity index (χ3v) is 2.69. The molecule has 3 aromatic heterocycles. The fourth-order valence-corrected chi connectivity index (χ4v) is 1.85. The number of H-pyrrole nitrogens is 2. The van der Waals surface area contributed by atoms with E-state index in [2.05, 4.69) is 35.5 Å². The predicted molar refractivity (Wildman–Crippen MR) is 67.5 cm³/mol. The molecule has 3 aromatic rings. The van der Waals surface area contributed by atoms with E-state index in [0.717, 1.165) is 24.0 Å². The Labute approximate surface area is 107 Å². The summed E-state index contributed by atoms with van der Waals surface area (Å²) in [6.07, 6.45) is 5.94. The molecule has 92 valence electrons.